The molecule has 0 saturated heterocycles. The van der Waals surface area contributed by atoms with Crippen molar-refractivity contribution in [3.05, 3.63) is 46.8 Å². The van der Waals surface area contributed by atoms with E-state index in [1.165, 1.54) is 0 Å². The van der Waals surface area contributed by atoms with Crippen LogP contribution in [0.1, 0.15) is 33.7 Å². The molecule has 21 heavy (non-hydrogen) atoms. The number of aromatic nitrogens is 2. The van der Waals surface area contributed by atoms with Crippen LogP contribution < -0.4 is 10.2 Å². The first kappa shape index (κ1) is 13.4. The zero-order valence-electron chi connectivity index (χ0n) is 11.7. The SMILES string of the molecule is COc1ccc(/C=N/NC(=O)c2n[nH]c3c2CCC3)cc1. The summed E-state index contributed by atoms with van der Waals surface area (Å²) in [6.45, 7) is 0. The first-order chi connectivity index (χ1) is 10.3. The van der Waals surface area contributed by atoms with Crippen molar-refractivity contribution in [3.63, 3.8) is 0 Å². The number of fused-ring (bicyclic) bond motifs is 1. The molecule has 0 bridgehead atoms. The van der Waals surface area contributed by atoms with Crippen LogP contribution in [0, 0.1) is 0 Å². The lowest BCUT2D eigenvalue weighted by molar-refractivity contribution is 0.0949. The van der Waals surface area contributed by atoms with Gasteiger partial charge in [0.15, 0.2) is 5.69 Å². The number of carbonyl (C=O) groups excluding carboxylic acids is 1. The first-order valence-electron chi connectivity index (χ1n) is 6.81. The van der Waals surface area contributed by atoms with Crippen molar-refractivity contribution in [3.8, 4) is 5.75 Å². The standard InChI is InChI=1S/C15H16N4O2/c1-21-11-7-5-10(6-8-11)9-16-19-15(20)14-12-3-2-4-13(12)17-18-14/h5-9H,2-4H2,1H3,(H,17,18)(H,19,20)/b16-9+. The van der Waals surface area contributed by atoms with Gasteiger partial charge in [-0.05, 0) is 49.1 Å². The molecule has 0 radical (unpaired) electrons. The van der Waals surface area contributed by atoms with Crippen molar-refractivity contribution in [2.75, 3.05) is 7.11 Å². The number of nitrogens with one attached hydrogen (secondary N) is 2. The second-order valence-electron chi connectivity index (χ2n) is 4.86. The van der Waals surface area contributed by atoms with Crippen molar-refractivity contribution in [2.24, 2.45) is 5.10 Å². The molecule has 0 saturated carbocycles. The second-order valence-corrected chi connectivity index (χ2v) is 4.86. The Morgan fingerprint density at radius 2 is 2.19 bits per heavy atom. The van der Waals surface area contributed by atoms with Gasteiger partial charge in [-0.2, -0.15) is 10.2 Å². The largest absolute Gasteiger partial charge is 0.497 e. The summed E-state index contributed by atoms with van der Waals surface area (Å²) in [5.41, 5.74) is 5.93. The predicted octanol–water partition coefficient (Wildman–Crippen LogP) is 1.67. The van der Waals surface area contributed by atoms with Crippen LogP contribution in [-0.2, 0) is 12.8 Å². The average Bonchev–Trinajstić information content (AvgIpc) is 3.10. The highest BCUT2D eigenvalue weighted by molar-refractivity contribution is 5.94. The Morgan fingerprint density at radius 3 is 2.95 bits per heavy atom. The molecular formula is C15H16N4O2. The molecule has 0 aliphatic heterocycles. The molecule has 2 aromatic rings. The molecule has 1 aliphatic carbocycles. The van der Waals surface area contributed by atoms with Crippen LogP contribution >= 0.6 is 0 Å². The molecule has 3 rings (SSSR count). The molecular weight excluding hydrogens is 268 g/mol. The second kappa shape index (κ2) is 5.78. The van der Waals surface area contributed by atoms with Crippen molar-refractivity contribution in [1.29, 1.82) is 0 Å². The van der Waals surface area contributed by atoms with E-state index in [1.807, 2.05) is 24.3 Å². The predicted molar refractivity (Wildman–Crippen MR) is 78.7 cm³/mol. The summed E-state index contributed by atoms with van der Waals surface area (Å²) in [4.78, 5) is 12.0. The average molecular weight is 284 g/mol. The van der Waals surface area contributed by atoms with E-state index >= 15 is 0 Å². The quantitative estimate of drug-likeness (QED) is 0.662. The third-order valence-corrected chi connectivity index (χ3v) is 3.52. The number of hydrogen-bond acceptors (Lipinski definition) is 4. The zero-order chi connectivity index (χ0) is 14.7. The molecule has 6 heteroatoms. The van der Waals surface area contributed by atoms with Crippen LogP contribution in [0.5, 0.6) is 5.75 Å². The minimum atomic E-state index is -0.279. The van der Waals surface area contributed by atoms with Crippen molar-refractivity contribution in [2.45, 2.75) is 19.3 Å². The van der Waals surface area contributed by atoms with Crippen LogP contribution in [0.2, 0.25) is 0 Å². The van der Waals surface area contributed by atoms with Gasteiger partial charge in [0, 0.05) is 11.3 Å². The molecule has 6 nitrogen and oxygen atoms in total. The molecule has 1 amide bonds. The summed E-state index contributed by atoms with van der Waals surface area (Å²) < 4.78 is 5.08. The lowest BCUT2D eigenvalue weighted by Gasteiger charge is -2.00. The fourth-order valence-corrected chi connectivity index (χ4v) is 2.42. The van der Waals surface area contributed by atoms with Crippen molar-refractivity contribution < 1.29 is 9.53 Å². The van der Waals surface area contributed by atoms with E-state index in [1.54, 1.807) is 13.3 Å². The Balaban J connectivity index is 1.63. The van der Waals surface area contributed by atoms with Gasteiger partial charge < -0.3 is 4.74 Å². The number of nitrogens with zero attached hydrogens (tertiary/aromatic N) is 2. The van der Waals surface area contributed by atoms with Gasteiger partial charge in [-0.25, -0.2) is 5.43 Å². The molecule has 0 spiro atoms. The van der Waals surface area contributed by atoms with Gasteiger partial charge >= 0.3 is 0 Å². The number of carbonyl (C=O) groups is 1. The van der Waals surface area contributed by atoms with Crippen LogP contribution in [-0.4, -0.2) is 29.4 Å². The molecule has 1 aromatic heterocycles. The third-order valence-electron chi connectivity index (χ3n) is 3.52. The van der Waals surface area contributed by atoms with E-state index in [9.17, 15) is 4.79 Å². The van der Waals surface area contributed by atoms with E-state index in [-0.39, 0.29) is 5.91 Å². The normalized spacial score (nSPS) is 13.4. The summed E-state index contributed by atoms with van der Waals surface area (Å²) in [5.74, 6) is 0.502. The number of ether oxygens (including phenoxy) is 1. The molecule has 2 N–H and O–H groups in total. The molecule has 1 aromatic carbocycles. The van der Waals surface area contributed by atoms with Gasteiger partial charge in [0.2, 0.25) is 0 Å². The lowest BCUT2D eigenvalue weighted by Crippen LogP contribution is -2.19. The molecule has 108 valence electrons. The fourth-order valence-electron chi connectivity index (χ4n) is 2.42. The zero-order valence-corrected chi connectivity index (χ0v) is 11.7. The number of hydrazone groups is 1. The van der Waals surface area contributed by atoms with Crippen LogP contribution in [0.25, 0.3) is 0 Å². The monoisotopic (exact) mass is 284 g/mol. The van der Waals surface area contributed by atoms with Gasteiger partial charge in [-0.1, -0.05) is 0 Å². The minimum Gasteiger partial charge on any atom is -0.497 e. The van der Waals surface area contributed by atoms with Gasteiger partial charge in [0.05, 0.1) is 13.3 Å². The first-order valence-corrected chi connectivity index (χ1v) is 6.81. The number of aromatic amines is 1. The highest BCUT2D eigenvalue weighted by Gasteiger charge is 2.22. The van der Waals surface area contributed by atoms with Gasteiger partial charge in [0.25, 0.3) is 5.91 Å². The summed E-state index contributed by atoms with van der Waals surface area (Å²) in [6.07, 6.45) is 4.52. The number of benzene rings is 1. The number of H-pyrrole nitrogens is 1. The van der Waals surface area contributed by atoms with Gasteiger partial charge in [-0.3, -0.25) is 9.89 Å². The van der Waals surface area contributed by atoms with Crippen molar-refractivity contribution in [1.82, 2.24) is 15.6 Å². The molecule has 0 atom stereocenters. The maximum absolute atomic E-state index is 12.0. The highest BCUT2D eigenvalue weighted by atomic mass is 16.5. The molecule has 1 aliphatic rings. The summed E-state index contributed by atoms with van der Waals surface area (Å²) in [7, 11) is 1.62. The minimum absolute atomic E-state index is 0.279. The van der Waals surface area contributed by atoms with Crippen LogP contribution in [0.3, 0.4) is 0 Å². The Morgan fingerprint density at radius 1 is 1.38 bits per heavy atom. The topological polar surface area (TPSA) is 79.4 Å². The van der Waals surface area contributed by atoms with Gasteiger partial charge in [-0.15, -0.1) is 0 Å². The molecule has 0 fully saturated rings. The summed E-state index contributed by atoms with van der Waals surface area (Å²) >= 11 is 0. The Hall–Kier alpha value is -2.63. The van der Waals surface area contributed by atoms with Gasteiger partial charge in [0.1, 0.15) is 5.75 Å². The van der Waals surface area contributed by atoms with E-state index in [0.717, 1.165) is 41.8 Å². The number of hydrogen-bond donors (Lipinski definition) is 2. The Kier molecular flexibility index (Phi) is 3.68. The van der Waals surface area contributed by atoms with Crippen LogP contribution in [0.15, 0.2) is 29.4 Å². The fraction of sp³-hybridized carbons (Fsp3) is 0.267. The summed E-state index contributed by atoms with van der Waals surface area (Å²) in [6, 6.07) is 7.40. The maximum atomic E-state index is 12.0. The number of amides is 1. The molecule has 0 unspecified atom stereocenters. The smallest absolute Gasteiger partial charge is 0.292 e. The van der Waals surface area contributed by atoms with Crippen molar-refractivity contribution >= 4 is 12.1 Å². The highest BCUT2D eigenvalue weighted by Crippen LogP contribution is 2.22. The maximum Gasteiger partial charge on any atom is 0.292 e. The lowest BCUT2D eigenvalue weighted by atomic mass is 10.2. The van der Waals surface area contributed by atoms with E-state index in [4.69, 9.17) is 4.74 Å². The Bertz CT molecular complexity index is 673. The van der Waals surface area contributed by atoms with Crippen LogP contribution in [0.4, 0.5) is 0 Å². The van der Waals surface area contributed by atoms with E-state index in [2.05, 4.69) is 20.7 Å². The van der Waals surface area contributed by atoms with E-state index < -0.39 is 0 Å². The number of rotatable bonds is 4. The third kappa shape index (κ3) is 2.79. The number of methoxy groups -OCH3 is 1. The molecule has 1 heterocycles. The summed E-state index contributed by atoms with van der Waals surface area (Å²) in [5, 5.41) is 10.9. The number of aryl methyl sites for hydroxylation is 1. The Labute approximate surface area is 122 Å². The van der Waals surface area contributed by atoms with E-state index in [0.29, 0.717) is 5.69 Å².